The Morgan fingerprint density at radius 2 is 2.10 bits per heavy atom. The number of aromatic nitrogens is 2. The van der Waals surface area contributed by atoms with Gasteiger partial charge in [-0.05, 0) is 37.3 Å². The molecule has 6 nitrogen and oxygen atoms in total. The first-order valence-electron chi connectivity index (χ1n) is 6.63. The summed E-state index contributed by atoms with van der Waals surface area (Å²) < 4.78 is 27.4. The molecule has 2 fully saturated rings. The zero-order valence-corrected chi connectivity index (χ0v) is 13.7. The van der Waals surface area contributed by atoms with Crippen LogP contribution in [0.4, 0.5) is 5.82 Å². The Morgan fingerprint density at radius 3 is 2.67 bits per heavy atom. The van der Waals surface area contributed by atoms with E-state index in [-0.39, 0.29) is 28.6 Å². The molecule has 116 valence electrons. The van der Waals surface area contributed by atoms with Crippen molar-refractivity contribution < 1.29 is 12.6 Å². The molecule has 21 heavy (non-hydrogen) atoms. The Balaban J connectivity index is 1.88. The molecule has 0 unspecified atom stereocenters. The van der Waals surface area contributed by atoms with E-state index in [2.05, 4.69) is 14.9 Å². The van der Waals surface area contributed by atoms with Gasteiger partial charge in [-0.2, -0.15) is 8.42 Å². The monoisotopic (exact) mass is 351 g/mol. The van der Waals surface area contributed by atoms with Crippen LogP contribution in [0.1, 0.15) is 25.7 Å². The van der Waals surface area contributed by atoms with Crippen LogP contribution in [-0.2, 0) is 14.3 Å². The molecule has 0 amide bonds. The van der Waals surface area contributed by atoms with Gasteiger partial charge in [0.25, 0.3) is 10.1 Å². The third-order valence-corrected chi connectivity index (χ3v) is 4.95. The molecular formula is C12H15Cl2N3O3S. The maximum absolute atomic E-state index is 11.2. The van der Waals surface area contributed by atoms with Gasteiger partial charge in [0.1, 0.15) is 11.0 Å². The summed E-state index contributed by atoms with van der Waals surface area (Å²) in [6.45, 7) is 0.111. The van der Waals surface area contributed by atoms with Gasteiger partial charge in [0.2, 0.25) is 5.28 Å². The molecule has 9 heteroatoms. The maximum Gasteiger partial charge on any atom is 0.264 e. The van der Waals surface area contributed by atoms with Gasteiger partial charge in [-0.25, -0.2) is 9.97 Å². The van der Waals surface area contributed by atoms with Gasteiger partial charge in [0.15, 0.2) is 0 Å². The number of hydrogen-bond donors (Lipinski definition) is 0. The van der Waals surface area contributed by atoms with E-state index in [9.17, 15) is 8.42 Å². The minimum atomic E-state index is -3.46. The van der Waals surface area contributed by atoms with E-state index in [0.717, 1.165) is 31.9 Å². The lowest BCUT2D eigenvalue weighted by atomic mass is 10.2. The quantitative estimate of drug-likeness (QED) is 0.470. The third kappa shape index (κ3) is 3.26. The van der Waals surface area contributed by atoms with Crippen molar-refractivity contribution in [2.75, 3.05) is 17.8 Å². The summed E-state index contributed by atoms with van der Waals surface area (Å²) in [4.78, 5) is 10.2. The van der Waals surface area contributed by atoms with Crippen molar-refractivity contribution in [3.8, 4) is 0 Å². The normalized spacial score (nSPS) is 23.8. The maximum atomic E-state index is 11.2. The molecule has 1 spiro atoms. The predicted molar refractivity (Wildman–Crippen MR) is 80.3 cm³/mol. The minimum absolute atomic E-state index is 0.0482. The van der Waals surface area contributed by atoms with Crippen LogP contribution in [0.5, 0.6) is 0 Å². The average Bonchev–Trinajstić information content (AvgIpc) is 2.99. The van der Waals surface area contributed by atoms with E-state index in [1.54, 1.807) is 6.07 Å². The third-order valence-electron chi connectivity index (χ3n) is 4.02. The lowest BCUT2D eigenvalue weighted by molar-refractivity contribution is 0.292. The van der Waals surface area contributed by atoms with Gasteiger partial charge in [0.05, 0.1) is 18.9 Å². The molecule has 0 bridgehead atoms. The Labute approximate surface area is 133 Å². The molecule has 2 heterocycles. The highest BCUT2D eigenvalue weighted by atomic mass is 35.5. The second-order valence-corrected chi connectivity index (χ2v) is 7.96. The number of nitrogens with zero attached hydrogens (tertiary/aromatic N) is 3. The summed E-state index contributed by atoms with van der Waals surface area (Å²) in [6.07, 6.45) is 5.01. The van der Waals surface area contributed by atoms with Crippen molar-refractivity contribution in [2.24, 2.45) is 0 Å². The molecule has 1 aromatic rings. The highest BCUT2D eigenvalue weighted by Gasteiger charge is 2.55. The SMILES string of the molecule is CS(=O)(=O)OC[C@H]1CCC2(CC2)N1c1cc(Cl)nc(Cl)n1. The highest BCUT2D eigenvalue weighted by Crippen LogP contribution is 2.53. The van der Waals surface area contributed by atoms with Crippen molar-refractivity contribution in [3.05, 3.63) is 16.5 Å². The molecule has 3 rings (SSSR count). The first kappa shape index (κ1) is 15.3. The van der Waals surface area contributed by atoms with Crippen molar-refractivity contribution in [2.45, 2.75) is 37.3 Å². The first-order valence-corrected chi connectivity index (χ1v) is 9.20. The van der Waals surface area contributed by atoms with Gasteiger partial charge in [-0.3, -0.25) is 4.18 Å². The van der Waals surface area contributed by atoms with Crippen molar-refractivity contribution >= 4 is 39.1 Å². The number of halogens is 2. The van der Waals surface area contributed by atoms with Crippen LogP contribution in [-0.4, -0.2) is 42.8 Å². The van der Waals surface area contributed by atoms with Crippen molar-refractivity contribution in [1.29, 1.82) is 0 Å². The van der Waals surface area contributed by atoms with Crippen LogP contribution in [0.25, 0.3) is 0 Å². The first-order chi connectivity index (χ1) is 9.79. The molecule has 1 aromatic heterocycles. The zero-order valence-electron chi connectivity index (χ0n) is 11.4. The van der Waals surface area contributed by atoms with E-state index < -0.39 is 10.1 Å². The Morgan fingerprint density at radius 1 is 1.38 bits per heavy atom. The Hall–Kier alpha value is -0.630. The molecule has 0 radical (unpaired) electrons. The van der Waals surface area contributed by atoms with E-state index >= 15 is 0 Å². The van der Waals surface area contributed by atoms with E-state index in [1.807, 2.05) is 0 Å². The van der Waals surface area contributed by atoms with Crippen LogP contribution in [0.3, 0.4) is 0 Å². The second kappa shape index (κ2) is 5.22. The van der Waals surface area contributed by atoms with Crippen LogP contribution < -0.4 is 4.90 Å². The second-order valence-electron chi connectivity index (χ2n) is 5.59. The fraction of sp³-hybridized carbons (Fsp3) is 0.667. The molecule has 1 atom stereocenters. The van der Waals surface area contributed by atoms with Crippen LogP contribution >= 0.6 is 23.2 Å². The molecule has 1 aliphatic carbocycles. The van der Waals surface area contributed by atoms with Crippen molar-refractivity contribution in [1.82, 2.24) is 9.97 Å². The van der Waals surface area contributed by atoms with Crippen LogP contribution in [0.15, 0.2) is 6.07 Å². The molecule has 1 saturated heterocycles. The molecule has 0 aromatic carbocycles. The molecule has 1 saturated carbocycles. The standard InChI is InChI=1S/C12H15Cl2N3O3S/c1-21(18,19)20-7-8-2-3-12(4-5-12)17(8)10-6-9(13)15-11(14)16-10/h6,8H,2-5,7H2,1H3/t8-/m1/s1. The number of anilines is 1. The van der Waals surface area contributed by atoms with Gasteiger partial charge >= 0.3 is 0 Å². The average molecular weight is 352 g/mol. The van der Waals surface area contributed by atoms with Gasteiger partial charge < -0.3 is 4.90 Å². The molecule has 1 aliphatic heterocycles. The summed E-state index contributed by atoms with van der Waals surface area (Å²) in [5, 5.41) is 0.360. The summed E-state index contributed by atoms with van der Waals surface area (Å²) in [5.41, 5.74) is 0.0482. The Kier molecular flexibility index (Phi) is 3.80. The number of hydrogen-bond acceptors (Lipinski definition) is 6. The van der Waals surface area contributed by atoms with E-state index in [1.165, 1.54) is 0 Å². The zero-order chi connectivity index (χ0) is 15.3. The lowest BCUT2D eigenvalue weighted by Gasteiger charge is -2.31. The van der Waals surface area contributed by atoms with Gasteiger partial charge in [-0.1, -0.05) is 11.6 Å². The fourth-order valence-corrected chi connectivity index (χ4v) is 3.80. The topological polar surface area (TPSA) is 72.4 Å². The van der Waals surface area contributed by atoms with E-state index in [0.29, 0.717) is 5.82 Å². The van der Waals surface area contributed by atoms with Crippen LogP contribution in [0.2, 0.25) is 10.4 Å². The fourth-order valence-electron chi connectivity index (χ4n) is 3.00. The van der Waals surface area contributed by atoms with Crippen molar-refractivity contribution in [3.63, 3.8) is 0 Å². The van der Waals surface area contributed by atoms with Gasteiger partial charge in [-0.15, -0.1) is 0 Å². The predicted octanol–water partition coefficient (Wildman–Crippen LogP) is 2.26. The van der Waals surface area contributed by atoms with E-state index in [4.69, 9.17) is 27.4 Å². The summed E-state index contributed by atoms with van der Waals surface area (Å²) >= 11 is 11.8. The van der Waals surface area contributed by atoms with Gasteiger partial charge in [0, 0.05) is 11.6 Å². The summed E-state index contributed by atoms with van der Waals surface area (Å²) in [7, 11) is -3.46. The summed E-state index contributed by atoms with van der Waals surface area (Å²) in [6, 6.07) is 1.61. The lowest BCUT2D eigenvalue weighted by Crippen LogP contribution is -2.41. The minimum Gasteiger partial charge on any atom is -0.345 e. The molecular weight excluding hydrogens is 337 g/mol. The molecule has 0 N–H and O–H groups in total. The smallest absolute Gasteiger partial charge is 0.264 e. The summed E-state index contributed by atoms with van der Waals surface area (Å²) in [5.74, 6) is 0.636. The Bertz CT molecular complexity index is 643. The number of rotatable bonds is 4. The molecule has 2 aliphatic rings. The van der Waals surface area contributed by atoms with Crippen LogP contribution in [0, 0.1) is 0 Å². The largest absolute Gasteiger partial charge is 0.345 e. The highest BCUT2D eigenvalue weighted by molar-refractivity contribution is 7.85.